The van der Waals surface area contributed by atoms with Gasteiger partial charge in [0.25, 0.3) is 0 Å². The van der Waals surface area contributed by atoms with Gasteiger partial charge >= 0.3 is 0 Å². The second-order valence-corrected chi connectivity index (χ2v) is 4.41. The number of nitrogens with one attached hydrogen (secondary N) is 1. The van der Waals surface area contributed by atoms with Gasteiger partial charge in [-0.25, -0.2) is 0 Å². The summed E-state index contributed by atoms with van der Waals surface area (Å²) in [7, 11) is 0. The highest BCUT2D eigenvalue weighted by molar-refractivity contribution is 7.09. The van der Waals surface area contributed by atoms with Gasteiger partial charge in [0.15, 0.2) is 0 Å². The Labute approximate surface area is 93.7 Å². The maximum Gasteiger partial charge on any atom is 0.0341 e. The molecule has 0 fully saturated rings. The number of rotatable bonds is 4. The van der Waals surface area contributed by atoms with Crippen LogP contribution in [0.2, 0.25) is 0 Å². The molecular weight excluding hydrogens is 204 g/mol. The molecule has 2 aromatic rings. The molecular formula is C12H14N2S. The highest BCUT2D eigenvalue weighted by Gasteiger charge is 1.94. The lowest BCUT2D eigenvalue weighted by Gasteiger charge is -2.05. The topological polar surface area (TPSA) is 38.0 Å². The smallest absolute Gasteiger partial charge is 0.0341 e. The molecule has 0 amide bonds. The molecule has 78 valence electrons. The van der Waals surface area contributed by atoms with Crippen molar-refractivity contribution in [1.29, 1.82) is 0 Å². The number of nitrogen functional groups attached to an aromatic ring is 1. The van der Waals surface area contributed by atoms with Crippen molar-refractivity contribution < 1.29 is 0 Å². The van der Waals surface area contributed by atoms with Crippen molar-refractivity contribution in [2.24, 2.45) is 0 Å². The van der Waals surface area contributed by atoms with Gasteiger partial charge in [0.1, 0.15) is 0 Å². The highest BCUT2D eigenvalue weighted by atomic mass is 32.1. The molecule has 1 aromatic carbocycles. The summed E-state index contributed by atoms with van der Waals surface area (Å²) >= 11 is 1.80. The molecule has 0 atom stereocenters. The second kappa shape index (κ2) is 4.84. The second-order valence-electron chi connectivity index (χ2n) is 3.38. The Balaban J connectivity index is 1.81. The zero-order valence-corrected chi connectivity index (χ0v) is 9.26. The lowest BCUT2D eigenvalue weighted by atomic mass is 10.2. The van der Waals surface area contributed by atoms with E-state index in [9.17, 15) is 0 Å². The van der Waals surface area contributed by atoms with E-state index in [2.05, 4.69) is 22.8 Å². The van der Waals surface area contributed by atoms with Crippen molar-refractivity contribution in [3.05, 3.63) is 46.7 Å². The summed E-state index contributed by atoms with van der Waals surface area (Å²) in [4.78, 5) is 1.41. The molecule has 0 aliphatic heterocycles. The van der Waals surface area contributed by atoms with Crippen LogP contribution in [0.4, 0.5) is 11.4 Å². The average molecular weight is 218 g/mol. The van der Waals surface area contributed by atoms with Crippen LogP contribution < -0.4 is 11.1 Å². The summed E-state index contributed by atoms with van der Waals surface area (Å²) in [6.07, 6.45) is 1.07. The van der Waals surface area contributed by atoms with Gasteiger partial charge in [-0.15, -0.1) is 11.3 Å². The highest BCUT2D eigenvalue weighted by Crippen LogP contribution is 2.12. The molecule has 1 heterocycles. The summed E-state index contributed by atoms with van der Waals surface area (Å²) in [5.41, 5.74) is 7.54. The van der Waals surface area contributed by atoms with Crippen molar-refractivity contribution in [2.75, 3.05) is 17.6 Å². The van der Waals surface area contributed by atoms with Gasteiger partial charge in [-0.1, -0.05) is 6.07 Å². The van der Waals surface area contributed by atoms with Crippen LogP contribution in [-0.4, -0.2) is 6.54 Å². The molecule has 0 aliphatic rings. The SMILES string of the molecule is Nc1ccc(NCCc2cccs2)cc1. The fourth-order valence-corrected chi connectivity index (χ4v) is 2.09. The minimum absolute atomic E-state index is 0.804. The minimum Gasteiger partial charge on any atom is -0.399 e. The summed E-state index contributed by atoms with van der Waals surface area (Å²) in [5.74, 6) is 0. The Morgan fingerprint density at radius 1 is 1.13 bits per heavy atom. The molecule has 1 aromatic heterocycles. The Morgan fingerprint density at radius 3 is 2.60 bits per heavy atom. The van der Waals surface area contributed by atoms with E-state index < -0.39 is 0 Å². The molecule has 3 heteroatoms. The first kappa shape index (κ1) is 10.1. The fraction of sp³-hybridized carbons (Fsp3) is 0.167. The summed E-state index contributed by atoms with van der Waals surface area (Å²) < 4.78 is 0. The van der Waals surface area contributed by atoms with Gasteiger partial charge in [-0.2, -0.15) is 0 Å². The first-order chi connectivity index (χ1) is 7.34. The Hall–Kier alpha value is -1.48. The molecule has 0 saturated carbocycles. The molecule has 3 N–H and O–H groups in total. The van der Waals surface area contributed by atoms with Crippen LogP contribution in [0.1, 0.15) is 4.88 Å². The van der Waals surface area contributed by atoms with E-state index in [-0.39, 0.29) is 0 Å². The third-order valence-corrected chi connectivity index (χ3v) is 3.13. The predicted octanol–water partition coefficient (Wildman–Crippen LogP) is 2.98. The van der Waals surface area contributed by atoms with E-state index in [1.165, 1.54) is 4.88 Å². The number of hydrogen-bond acceptors (Lipinski definition) is 3. The van der Waals surface area contributed by atoms with Gasteiger partial charge in [-0.05, 0) is 42.1 Å². The molecule has 2 rings (SSSR count). The summed E-state index contributed by atoms with van der Waals surface area (Å²) in [6.45, 7) is 0.963. The van der Waals surface area contributed by atoms with Crippen LogP contribution in [0, 0.1) is 0 Å². The van der Waals surface area contributed by atoms with Crippen molar-refractivity contribution in [1.82, 2.24) is 0 Å². The van der Waals surface area contributed by atoms with Gasteiger partial charge in [-0.3, -0.25) is 0 Å². The minimum atomic E-state index is 0.804. The lowest BCUT2D eigenvalue weighted by Crippen LogP contribution is -2.03. The van der Waals surface area contributed by atoms with E-state index in [1.807, 2.05) is 24.3 Å². The monoisotopic (exact) mass is 218 g/mol. The first-order valence-corrected chi connectivity index (χ1v) is 5.84. The van der Waals surface area contributed by atoms with E-state index in [0.717, 1.165) is 24.3 Å². The number of benzene rings is 1. The zero-order chi connectivity index (χ0) is 10.5. The molecule has 0 bridgehead atoms. The van der Waals surface area contributed by atoms with Gasteiger partial charge in [0.05, 0.1) is 0 Å². The van der Waals surface area contributed by atoms with E-state index in [4.69, 9.17) is 5.73 Å². The van der Waals surface area contributed by atoms with E-state index in [0.29, 0.717) is 0 Å². The maximum atomic E-state index is 5.61. The quantitative estimate of drug-likeness (QED) is 0.774. The number of anilines is 2. The number of hydrogen-bond donors (Lipinski definition) is 2. The molecule has 0 aliphatic carbocycles. The van der Waals surface area contributed by atoms with E-state index >= 15 is 0 Å². The molecule has 15 heavy (non-hydrogen) atoms. The van der Waals surface area contributed by atoms with Crippen LogP contribution in [0.15, 0.2) is 41.8 Å². The van der Waals surface area contributed by atoms with Gasteiger partial charge in [0, 0.05) is 22.8 Å². The number of nitrogens with two attached hydrogens (primary N) is 1. The number of thiophene rings is 1. The van der Waals surface area contributed by atoms with Crippen molar-refractivity contribution in [3.8, 4) is 0 Å². The Kier molecular flexibility index (Phi) is 3.25. The fourth-order valence-electron chi connectivity index (χ4n) is 1.39. The molecule has 0 radical (unpaired) electrons. The Bertz CT molecular complexity index is 392. The standard InChI is InChI=1S/C12H14N2S/c13-10-3-5-11(6-4-10)14-8-7-12-2-1-9-15-12/h1-6,9,14H,7-8,13H2. The van der Waals surface area contributed by atoms with Gasteiger partial charge < -0.3 is 11.1 Å². The van der Waals surface area contributed by atoms with Crippen LogP contribution >= 0.6 is 11.3 Å². The molecule has 0 unspecified atom stereocenters. The predicted molar refractivity (Wildman–Crippen MR) is 67.4 cm³/mol. The van der Waals surface area contributed by atoms with Crippen molar-refractivity contribution in [3.63, 3.8) is 0 Å². The molecule has 2 nitrogen and oxygen atoms in total. The molecule has 0 spiro atoms. The van der Waals surface area contributed by atoms with Gasteiger partial charge in [0.2, 0.25) is 0 Å². The normalized spacial score (nSPS) is 10.1. The van der Waals surface area contributed by atoms with Crippen LogP contribution in [0.3, 0.4) is 0 Å². The third-order valence-electron chi connectivity index (χ3n) is 2.19. The van der Waals surface area contributed by atoms with Crippen LogP contribution in [0.25, 0.3) is 0 Å². The summed E-state index contributed by atoms with van der Waals surface area (Å²) in [6, 6.07) is 12.1. The third kappa shape index (κ3) is 2.99. The zero-order valence-electron chi connectivity index (χ0n) is 8.44. The lowest BCUT2D eigenvalue weighted by molar-refractivity contribution is 1.04. The van der Waals surface area contributed by atoms with Crippen LogP contribution in [0.5, 0.6) is 0 Å². The molecule has 0 saturated heterocycles. The summed E-state index contributed by atoms with van der Waals surface area (Å²) in [5, 5.41) is 5.47. The largest absolute Gasteiger partial charge is 0.399 e. The van der Waals surface area contributed by atoms with Crippen molar-refractivity contribution in [2.45, 2.75) is 6.42 Å². The Morgan fingerprint density at radius 2 is 1.93 bits per heavy atom. The van der Waals surface area contributed by atoms with Crippen molar-refractivity contribution >= 4 is 22.7 Å². The van der Waals surface area contributed by atoms with E-state index in [1.54, 1.807) is 11.3 Å². The maximum absolute atomic E-state index is 5.61. The first-order valence-electron chi connectivity index (χ1n) is 4.96. The van der Waals surface area contributed by atoms with Crippen LogP contribution in [-0.2, 0) is 6.42 Å². The average Bonchev–Trinajstić information content (AvgIpc) is 2.74.